The van der Waals surface area contributed by atoms with Crippen LogP contribution in [0.15, 0.2) is 22.7 Å². The van der Waals surface area contributed by atoms with Crippen LogP contribution in [0.3, 0.4) is 0 Å². The maximum Gasteiger partial charge on any atom is 0.305 e. The van der Waals surface area contributed by atoms with Crippen LogP contribution in [0.25, 0.3) is 0 Å². The first kappa shape index (κ1) is 16.0. The van der Waals surface area contributed by atoms with Crippen molar-refractivity contribution < 1.29 is 14.7 Å². The van der Waals surface area contributed by atoms with E-state index in [1.54, 1.807) is 18.2 Å². The quantitative estimate of drug-likeness (QED) is 0.827. The number of aliphatic carboxylic acids is 1. The number of carboxylic acid groups (broad SMARTS) is 1. The molecular formula is C13H15BrClNO3. The summed E-state index contributed by atoms with van der Waals surface area (Å²) in [6, 6.07) is 4.57. The predicted molar refractivity (Wildman–Crippen MR) is 77.6 cm³/mol. The third-order valence-electron chi connectivity index (χ3n) is 2.57. The normalized spacial score (nSPS) is 11.9. The highest BCUT2D eigenvalue weighted by Crippen LogP contribution is 2.21. The SMILES string of the molecule is CCCC(CC(=O)O)NC(=O)c1ccc(Br)cc1Cl. The van der Waals surface area contributed by atoms with Gasteiger partial charge in [-0.2, -0.15) is 0 Å². The lowest BCUT2D eigenvalue weighted by atomic mass is 10.1. The van der Waals surface area contributed by atoms with Crippen molar-refractivity contribution in [3.63, 3.8) is 0 Å². The predicted octanol–water partition coefficient (Wildman–Crippen LogP) is 3.48. The molecule has 19 heavy (non-hydrogen) atoms. The monoisotopic (exact) mass is 347 g/mol. The molecule has 0 saturated heterocycles. The van der Waals surface area contributed by atoms with Crippen LogP contribution in [0.1, 0.15) is 36.5 Å². The zero-order chi connectivity index (χ0) is 14.4. The lowest BCUT2D eigenvalue weighted by molar-refractivity contribution is -0.137. The van der Waals surface area contributed by atoms with E-state index in [1.807, 2.05) is 6.92 Å². The average molecular weight is 349 g/mol. The zero-order valence-corrected chi connectivity index (χ0v) is 12.8. The third kappa shape index (κ3) is 5.20. The van der Waals surface area contributed by atoms with Gasteiger partial charge in [-0.25, -0.2) is 0 Å². The number of hydrogen-bond donors (Lipinski definition) is 2. The van der Waals surface area contributed by atoms with Crippen molar-refractivity contribution in [1.82, 2.24) is 5.32 Å². The molecule has 1 aromatic rings. The van der Waals surface area contributed by atoms with Crippen LogP contribution in [-0.4, -0.2) is 23.0 Å². The van der Waals surface area contributed by atoms with Crippen molar-refractivity contribution in [3.05, 3.63) is 33.3 Å². The van der Waals surface area contributed by atoms with Gasteiger partial charge < -0.3 is 10.4 Å². The van der Waals surface area contributed by atoms with Gasteiger partial charge in [0.1, 0.15) is 0 Å². The first-order valence-corrected chi connectivity index (χ1v) is 7.08. The van der Waals surface area contributed by atoms with Crippen molar-refractivity contribution >= 4 is 39.4 Å². The van der Waals surface area contributed by atoms with Crippen molar-refractivity contribution in [2.45, 2.75) is 32.2 Å². The Morgan fingerprint density at radius 2 is 2.16 bits per heavy atom. The minimum absolute atomic E-state index is 0.0896. The topological polar surface area (TPSA) is 66.4 Å². The van der Waals surface area contributed by atoms with Crippen molar-refractivity contribution in [1.29, 1.82) is 0 Å². The van der Waals surface area contributed by atoms with Crippen LogP contribution >= 0.6 is 27.5 Å². The van der Waals surface area contributed by atoms with Gasteiger partial charge >= 0.3 is 5.97 Å². The fourth-order valence-electron chi connectivity index (χ4n) is 1.72. The maximum atomic E-state index is 12.0. The number of amides is 1. The molecule has 2 N–H and O–H groups in total. The van der Waals surface area contributed by atoms with Gasteiger partial charge in [-0.05, 0) is 24.6 Å². The Morgan fingerprint density at radius 1 is 1.47 bits per heavy atom. The molecule has 0 aliphatic carbocycles. The molecule has 1 rings (SSSR count). The second kappa shape index (κ2) is 7.50. The Bertz CT molecular complexity index is 479. The first-order valence-electron chi connectivity index (χ1n) is 5.91. The van der Waals surface area contributed by atoms with Gasteiger partial charge in [-0.3, -0.25) is 9.59 Å². The van der Waals surface area contributed by atoms with E-state index >= 15 is 0 Å². The number of rotatable bonds is 6. The Morgan fingerprint density at radius 3 is 2.68 bits per heavy atom. The Labute approximate surface area is 125 Å². The van der Waals surface area contributed by atoms with Crippen LogP contribution in [0.4, 0.5) is 0 Å². The Hall–Kier alpha value is -1.07. The minimum Gasteiger partial charge on any atom is -0.481 e. The van der Waals surface area contributed by atoms with E-state index in [1.165, 1.54) is 0 Å². The van der Waals surface area contributed by atoms with E-state index < -0.39 is 5.97 Å². The van der Waals surface area contributed by atoms with Gasteiger partial charge in [0.15, 0.2) is 0 Å². The van der Waals surface area contributed by atoms with Crippen LogP contribution in [0, 0.1) is 0 Å². The lowest BCUT2D eigenvalue weighted by Gasteiger charge is -2.16. The van der Waals surface area contributed by atoms with Crippen molar-refractivity contribution in [2.24, 2.45) is 0 Å². The van der Waals surface area contributed by atoms with Crippen molar-refractivity contribution in [2.75, 3.05) is 0 Å². The molecular weight excluding hydrogens is 334 g/mol. The largest absolute Gasteiger partial charge is 0.481 e. The summed E-state index contributed by atoms with van der Waals surface area (Å²) in [6.45, 7) is 1.94. The smallest absolute Gasteiger partial charge is 0.305 e. The molecule has 0 saturated carbocycles. The maximum absolute atomic E-state index is 12.0. The van der Waals surface area contributed by atoms with Gasteiger partial charge in [-0.15, -0.1) is 0 Å². The molecule has 4 nitrogen and oxygen atoms in total. The summed E-state index contributed by atoms with van der Waals surface area (Å²) in [5.41, 5.74) is 0.344. The highest BCUT2D eigenvalue weighted by atomic mass is 79.9. The number of carbonyl (C=O) groups excluding carboxylic acids is 1. The molecule has 0 heterocycles. The number of hydrogen-bond acceptors (Lipinski definition) is 2. The molecule has 0 aromatic heterocycles. The molecule has 1 atom stereocenters. The first-order chi connectivity index (χ1) is 8.93. The second-order valence-corrected chi connectivity index (χ2v) is 5.50. The average Bonchev–Trinajstić information content (AvgIpc) is 2.27. The number of halogens is 2. The number of nitrogens with one attached hydrogen (secondary N) is 1. The summed E-state index contributed by atoms with van der Waals surface area (Å²) >= 11 is 9.24. The summed E-state index contributed by atoms with van der Waals surface area (Å²) in [6.07, 6.45) is 1.33. The third-order valence-corrected chi connectivity index (χ3v) is 3.38. The minimum atomic E-state index is -0.930. The molecule has 1 aromatic carbocycles. The van der Waals surface area contributed by atoms with Gasteiger partial charge in [0.25, 0.3) is 5.91 Å². The molecule has 0 aliphatic rings. The fraction of sp³-hybridized carbons (Fsp3) is 0.385. The number of carbonyl (C=O) groups is 2. The fourth-order valence-corrected chi connectivity index (χ4v) is 2.48. The number of benzene rings is 1. The van der Waals surface area contributed by atoms with E-state index in [0.717, 1.165) is 10.9 Å². The standard InChI is InChI=1S/C13H15BrClNO3/c1-2-3-9(7-12(17)18)16-13(19)10-5-4-8(14)6-11(10)15/h4-6,9H,2-3,7H2,1H3,(H,16,19)(H,17,18). The summed E-state index contributed by atoms with van der Waals surface area (Å²) in [4.78, 5) is 22.8. The molecule has 1 amide bonds. The second-order valence-electron chi connectivity index (χ2n) is 4.18. The number of carboxylic acids is 1. The van der Waals surface area contributed by atoms with Crippen LogP contribution in [-0.2, 0) is 4.79 Å². The Balaban J connectivity index is 2.78. The lowest BCUT2D eigenvalue weighted by Crippen LogP contribution is -2.36. The summed E-state index contributed by atoms with van der Waals surface area (Å²) < 4.78 is 0.782. The van der Waals surface area contributed by atoms with Gasteiger partial charge in [0.2, 0.25) is 0 Å². The van der Waals surface area contributed by atoms with E-state index in [2.05, 4.69) is 21.2 Å². The van der Waals surface area contributed by atoms with Crippen LogP contribution in [0.5, 0.6) is 0 Å². The molecule has 1 unspecified atom stereocenters. The highest BCUT2D eigenvalue weighted by Gasteiger charge is 2.17. The molecule has 0 spiro atoms. The van der Waals surface area contributed by atoms with E-state index in [4.69, 9.17) is 16.7 Å². The molecule has 0 fully saturated rings. The van der Waals surface area contributed by atoms with Crippen molar-refractivity contribution in [3.8, 4) is 0 Å². The van der Waals surface area contributed by atoms with E-state index in [9.17, 15) is 9.59 Å². The highest BCUT2D eigenvalue weighted by molar-refractivity contribution is 9.10. The summed E-state index contributed by atoms with van der Waals surface area (Å²) in [7, 11) is 0. The molecule has 0 radical (unpaired) electrons. The molecule has 6 heteroatoms. The summed E-state index contributed by atoms with van der Waals surface area (Å²) in [5.74, 6) is -1.28. The van der Waals surface area contributed by atoms with Gasteiger partial charge in [-0.1, -0.05) is 40.9 Å². The van der Waals surface area contributed by atoms with E-state index in [-0.39, 0.29) is 18.4 Å². The zero-order valence-electron chi connectivity index (χ0n) is 10.5. The van der Waals surface area contributed by atoms with Crippen LogP contribution in [0.2, 0.25) is 5.02 Å². The Kier molecular flexibility index (Phi) is 6.31. The molecule has 0 bridgehead atoms. The molecule has 0 aliphatic heterocycles. The summed E-state index contributed by atoms with van der Waals surface area (Å²) in [5, 5.41) is 11.8. The van der Waals surface area contributed by atoms with Gasteiger partial charge in [0.05, 0.1) is 17.0 Å². The van der Waals surface area contributed by atoms with Crippen LogP contribution < -0.4 is 5.32 Å². The molecule has 104 valence electrons. The van der Waals surface area contributed by atoms with Gasteiger partial charge in [0, 0.05) is 10.5 Å². The van der Waals surface area contributed by atoms with E-state index in [0.29, 0.717) is 17.0 Å².